The molecule has 9 heteroatoms. The van der Waals surface area contributed by atoms with E-state index in [1.807, 2.05) is 19.9 Å². The second-order valence-corrected chi connectivity index (χ2v) is 15.4. The second-order valence-electron chi connectivity index (χ2n) is 10.6. The van der Waals surface area contributed by atoms with Crippen LogP contribution in [0.15, 0.2) is 29.2 Å². The minimum Gasteiger partial charge on any atom is -0.744 e. The molecule has 4 saturated carbocycles. The number of rotatable bonds is 5. The van der Waals surface area contributed by atoms with Crippen molar-refractivity contribution in [2.24, 2.45) is 23.7 Å². The van der Waals surface area contributed by atoms with E-state index in [1.165, 1.54) is 6.42 Å². The van der Waals surface area contributed by atoms with Gasteiger partial charge >= 0.3 is 5.97 Å². The van der Waals surface area contributed by atoms with E-state index >= 15 is 0 Å². The topological polar surface area (TPSA) is 83.5 Å². The normalized spacial score (nSPS) is 27.5. The van der Waals surface area contributed by atoms with Crippen LogP contribution < -0.4 is 4.74 Å². The van der Waals surface area contributed by atoms with Crippen LogP contribution in [0.1, 0.15) is 79.3 Å². The van der Waals surface area contributed by atoms with E-state index in [-0.39, 0.29) is 16.7 Å². The van der Waals surface area contributed by atoms with Crippen LogP contribution in [0.4, 0.5) is 0 Å². The van der Waals surface area contributed by atoms with Gasteiger partial charge in [0.15, 0.2) is 0 Å². The molecule has 4 aliphatic rings. The molecule has 0 spiro atoms. The van der Waals surface area contributed by atoms with E-state index < -0.39 is 16.1 Å². The first-order chi connectivity index (χ1) is 16.4. The summed E-state index contributed by atoms with van der Waals surface area (Å²) >= 11 is 6.52. The summed E-state index contributed by atoms with van der Waals surface area (Å²) in [5, 5.41) is 0. The molecule has 0 aromatic heterocycles. The van der Waals surface area contributed by atoms with Crippen LogP contribution in [0, 0.1) is 34.4 Å². The van der Waals surface area contributed by atoms with Gasteiger partial charge in [0.1, 0.15) is 15.9 Å². The van der Waals surface area contributed by atoms with Crippen LogP contribution in [0.5, 0.6) is 5.75 Å². The number of halogens is 3. The zero-order valence-corrected chi connectivity index (χ0v) is 26.7. The molecule has 4 fully saturated rings. The van der Waals surface area contributed by atoms with E-state index in [9.17, 15) is 17.8 Å². The number of hydrogen-bond donors (Lipinski definition) is 0. The van der Waals surface area contributed by atoms with Crippen LogP contribution in [0.25, 0.3) is 0 Å². The van der Waals surface area contributed by atoms with Crippen molar-refractivity contribution in [3.8, 4) is 5.75 Å². The van der Waals surface area contributed by atoms with Gasteiger partial charge in [-0.3, -0.25) is 0 Å². The molecule has 0 radical (unpaired) electrons. The Bertz CT molecular complexity index is 1280. The third kappa shape index (κ3) is 5.18. The smallest absolute Gasteiger partial charge is 0.344 e. The van der Waals surface area contributed by atoms with Crippen molar-refractivity contribution in [2.45, 2.75) is 62.7 Å². The molecule has 0 N–H and O–H groups in total. The Labute approximate surface area is 247 Å². The van der Waals surface area contributed by atoms with Crippen LogP contribution in [-0.2, 0) is 10.1 Å². The van der Waals surface area contributed by atoms with Crippen LogP contribution in [0.2, 0.25) is 0 Å². The van der Waals surface area contributed by atoms with Gasteiger partial charge in [-0.25, -0.2) is 13.2 Å². The Morgan fingerprint density at radius 3 is 2.11 bits per heavy atom. The number of benzene rings is 2. The summed E-state index contributed by atoms with van der Waals surface area (Å²) in [5.41, 5.74) is 1.50. The molecule has 0 amide bonds. The Balaban J connectivity index is 1.61. The largest absolute Gasteiger partial charge is 0.744 e. The fraction of sp³-hybridized carbons (Fsp3) is 0.500. The molecule has 0 atom stereocenters. The lowest BCUT2D eigenvalue weighted by Gasteiger charge is -2.55. The van der Waals surface area contributed by atoms with E-state index in [2.05, 4.69) is 67.8 Å². The van der Waals surface area contributed by atoms with Gasteiger partial charge in [-0.15, -0.1) is 0 Å². The highest BCUT2D eigenvalue weighted by Gasteiger charge is 2.49. The van der Waals surface area contributed by atoms with Crippen molar-refractivity contribution in [2.75, 3.05) is 0 Å². The molecule has 6 rings (SSSR count). The molecule has 0 aliphatic heterocycles. The molecule has 35 heavy (non-hydrogen) atoms. The predicted octanol–water partition coefficient (Wildman–Crippen LogP) is 7.29. The monoisotopic (exact) mass is 831 g/mol. The van der Waals surface area contributed by atoms with E-state index in [1.54, 1.807) is 18.2 Å². The number of ether oxygens (including phenoxy) is 1. The lowest BCUT2D eigenvalue weighted by Crippen LogP contribution is -2.44. The summed E-state index contributed by atoms with van der Waals surface area (Å²) in [6.45, 7) is 3.75. The Morgan fingerprint density at radius 2 is 1.57 bits per heavy atom. The minimum atomic E-state index is -4.70. The molecule has 5 nitrogen and oxygen atoms in total. The molecular formula is C26H26I3O5S-. The third-order valence-corrected chi connectivity index (χ3v) is 12.6. The SMILES string of the molecule is CC(C)c1cc(OC(=O)c2cc(I)cc(I)c2I)cc(C2C3CC4CC(C3)CC2C4)c1S(=O)(=O)[O-]. The average molecular weight is 831 g/mol. The highest BCUT2D eigenvalue weighted by molar-refractivity contribution is 14.1. The lowest BCUT2D eigenvalue weighted by molar-refractivity contribution is -0.00379. The molecule has 4 bridgehead atoms. The number of esters is 1. The summed E-state index contributed by atoms with van der Waals surface area (Å²) in [7, 11) is -4.70. The molecule has 2 aromatic carbocycles. The molecular weight excluding hydrogens is 805 g/mol. The van der Waals surface area contributed by atoms with E-state index in [0.717, 1.165) is 48.2 Å². The first-order valence-electron chi connectivity index (χ1n) is 11.9. The quantitative estimate of drug-likeness (QED) is 0.104. The van der Waals surface area contributed by atoms with Crippen molar-refractivity contribution in [1.82, 2.24) is 0 Å². The summed E-state index contributed by atoms with van der Waals surface area (Å²) < 4.78 is 46.5. The molecule has 0 heterocycles. The van der Waals surface area contributed by atoms with Crippen LogP contribution in [-0.4, -0.2) is 18.9 Å². The fourth-order valence-corrected chi connectivity index (χ4v) is 10.4. The maximum Gasteiger partial charge on any atom is 0.344 e. The third-order valence-electron chi connectivity index (χ3n) is 8.00. The summed E-state index contributed by atoms with van der Waals surface area (Å²) in [6.07, 6.45) is 5.66. The molecule has 4 aliphatic carbocycles. The van der Waals surface area contributed by atoms with Gasteiger partial charge in [-0.2, -0.15) is 0 Å². The molecule has 188 valence electrons. The van der Waals surface area contributed by atoms with Crippen molar-refractivity contribution in [1.29, 1.82) is 0 Å². The van der Waals surface area contributed by atoms with Gasteiger partial charge in [-0.05, 0) is 171 Å². The van der Waals surface area contributed by atoms with Gasteiger partial charge < -0.3 is 9.29 Å². The van der Waals surface area contributed by atoms with E-state index in [0.29, 0.717) is 34.3 Å². The zero-order chi connectivity index (χ0) is 25.2. The Kier molecular flexibility index (Phi) is 7.57. The second kappa shape index (κ2) is 9.96. The fourth-order valence-electron chi connectivity index (χ4n) is 6.97. The number of carbonyl (C=O) groups excluding carboxylic acids is 1. The Hall–Kier alpha value is 0.01000. The van der Waals surface area contributed by atoms with Crippen molar-refractivity contribution in [3.05, 3.63) is 51.7 Å². The van der Waals surface area contributed by atoms with Gasteiger partial charge in [0, 0.05) is 10.7 Å². The first kappa shape index (κ1) is 26.6. The molecule has 0 unspecified atom stereocenters. The van der Waals surface area contributed by atoms with Crippen LogP contribution >= 0.6 is 67.8 Å². The van der Waals surface area contributed by atoms with Gasteiger partial charge in [0.05, 0.1) is 10.5 Å². The molecule has 0 saturated heterocycles. The van der Waals surface area contributed by atoms with Crippen molar-refractivity contribution in [3.63, 3.8) is 0 Å². The summed E-state index contributed by atoms with van der Waals surface area (Å²) in [5.74, 6) is 1.87. The van der Waals surface area contributed by atoms with Gasteiger partial charge in [0.25, 0.3) is 0 Å². The van der Waals surface area contributed by atoms with Crippen LogP contribution in [0.3, 0.4) is 0 Å². The van der Waals surface area contributed by atoms with Crippen molar-refractivity contribution < 1.29 is 22.5 Å². The predicted molar refractivity (Wildman–Crippen MR) is 158 cm³/mol. The average Bonchev–Trinajstić information content (AvgIpc) is 2.74. The highest BCUT2D eigenvalue weighted by Crippen LogP contribution is 2.61. The minimum absolute atomic E-state index is 0.0245. The maximum absolute atomic E-state index is 13.2. The maximum atomic E-state index is 13.2. The lowest BCUT2D eigenvalue weighted by atomic mass is 9.50. The Morgan fingerprint density at radius 1 is 0.971 bits per heavy atom. The number of carbonyl (C=O) groups is 1. The molecule has 2 aromatic rings. The van der Waals surface area contributed by atoms with Gasteiger partial charge in [-0.1, -0.05) is 13.8 Å². The highest BCUT2D eigenvalue weighted by atomic mass is 127. The summed E-state index contributed by atoms with van der Waals surface area (Å²) in [6, 6.07) is 7.06. The number of hydrogen-bond acceptors (Lipinski definition) is 5. The van der Waals surface area contributed by atoms with E-state index in [4.69, 9.17) is 4.74 Å². The summed E-state index contributed by atoms with van der Waals surface area (Å²) in [4.78, 5) is 13.1. The standard InChI is InChI=1S/C26H27I3O5S/c1-12(2)19-10-18(34-26(30)21-8-17(27)9-22(28)24(21)29)11-20(25(19)35(31,32)33)23-15-4-13-3-14(6-15)7-16(23)5-13/h8-16,23H,3-7H2,1-2H3,(H,31,32,33)/p-1. The zero-order valence-electron chi connectivity index (χ0n) is 19.4. The first-order valence-corrected chi connectivity index (χ1v) is 16.6. The van der Waals surface area contributed by atoms with Gasteiger partial charge in [0.2, 0.25) is 0 Å². The van der Waals surface area contributed by atoms with Crippen molar-refractivity contribution >= 4 is 83.9 Å².